The van der Waals surface area contributed by atoms with Gasteiger partial charge in [-0.2, -0.15) is 8.78 Å². The molecule has 0 saturated carbocycles. The number of halogens is 2. The highest BCUT2D eigenvalue weighted by Crippen LogP contribution is 1.91. The Morgan fingerprint density at radius 3 is 2.67 bits per heavy atom. The molecule has 1 unspecified atom stereocenters. The van der Waals surface area contributed by atoms with Crippen LogP contribution in [0.2, 0.25) is 0 Å². The zero-order valence-electron chi connectivity index (χ0n) is 6.59. The summed E-state index contributed by atoms with van der Waals surface area (Å²) in [4.78, 5) is 10.2. The number of hydrogen-bond acceptors (Lipinski definition) is 3. The van der Waals surface area contributed by atoms with Crippen LogP contribution in [0.3, 0.4) is 0 Å². The first-order valence-electron chi connectivity index (χ1n) is 3.30. The molecule has 0 aliphatic carbocycles. The third-order valence-corrected chi connectivity index (χ3v) is 1.07. The number of nitrogens with one attached hydrogen (secondary N) is 1. The van der Waals surface area contributed by atoms with E-state index in [-0.39, 0.29) is 13.2 Å². The van der Waals surface area contributed by atoms with Crippen LogP contribution >= 0.6 is 0 Å². The summed E-state index contributed by atoms with van der Waals surface area (Å²) in [6.07, 6.45) is -3.99. The first-order valence-corrected chi connectivity index (χ1v) is 3.30. The molecular weight excluding hydrogens is 172 g/mol. The van der Waals surface area contributed by atoms with Gasteiger partial charge in [0.15, 0.2) is 0 Å². The van der Waals surface area contributed by atoms with Crippen molar-refractivity contribution in [2.24, 2.45) is 0 Å². The third-order valence-electron chi connectivity index (χ3n) is 1.07. The number of aliphatic hydroxyl groups is 1. The van der Waals surface area contributed by atoms with Gasteiger partial charge in [0, 0.05) is 13.7 Å². The van der Waals surface area contributed by atoms with Crippen LogP contribution in [0.4, 0.5) is 8.78 Å². The maximum absolute atomic E-state index is 11.5. The molecule has 12 heavy (non-hydrogen) atoms. The number of hydrogen-bond donors (Lipinski definition) is 2. The molecule has 0 rings (SSSR count). The quantitative estimate of drug-likeness (QED) is 0.597. The van der Waals surface area contributed by atoms with E-state index >= 15 is 0 Å². The van der Waals surface area contributed by atoms with E-state index in [1.807, 2.05) is 5.32 Å². The number of alkyl halides is 2. The molecule has 0 aromatic carbocycles. The molecule has 1 amide bonds. The Hall–Kier alpha value is -0.750. The van der Waals surface area contributed by atoms with Crippen LogP contribution < -0.4 is 5.32 Å². The summed E-state index contributed by atoms with van der Waals surface area (Å²) in [5.74, 6) is -1.38. The van der Waals surface area contributed by atoms with Gasteiger partial charge in [-0.05, 0) is 0 Å². The van der Waals surface area contributed by atoms with E-state index in [0.717, 1.165) is 0 Å². The normalized spacial score (nSPS) is 13.1. The molecule has 2 N–H and O–H groups in total. The van der Waals surface area contributed by atoms with Gasteiger partial charge in [0.25, 0.3) is 5.91 Å². The van der Waals surface area contributed by atoms with E-state index in [1.165, 1.54) is 7.11 Å². The molecule has 0 fully saturated rings. The Labute approximate surface area is 68.5 Å². The second kappa shape index (κ2) is 5.84. The topological polar surface area (TPSA) is 58.6 Å². The number of aliphatic hydroxyl groups excluding tert-OH is 1. The van der Waals surface area contributed by atoms with Crippen LogP contribution in [0.1, 0.15) is 0 Å². The molecule has 0 aromatic rings. The fourth-order valence-electron chi connectivity index (χ4n) is 0.547. The highest BCUT2D eigenvalue weighted by Gasteiger charge is 2.15. The number of carbonyl (C=O) groups excluding carboxylic acids is 1. The zero-order chi connectivity index (χ0) is 9.56. The monoisotopic (exact) mass is 183 g/mol. The summed E-state index contributed by atoms with van der Waals surface area (Å²) >= 11 is 0. The number of ether oxygens (including phenoxy) is 1. The maximum atomic E-state index is 11.5. The van der Waals surface area contributed by atoms with Gasteiger partial charge in [-0.15, -0.1) is 0 Å². The average Bonchev–Trinajstić information content (AvgIpc) is 2.00. The summed E-state index contributed by atoms with van der Waals surface area (Å²) in [6, 6.07) is 0. The highest BCUT2D eigenvalue weighted by molar-refractivity contribution is 5.79. The van der Waals surface area contributed by atoms with E-state index in [1.54, 1.807) is 0 Å². The molecular formula is C6H11F2NO3. The largest absolute Gasteiger partial charge is 0.389 e. The van der Waals surface area contributed by atoms with Crippen LogP contribution in [-0.4, -0.2) is 43.8 Å². The lowest BCUT2D eigenvalue weighted by Crippen LogP contribution is -2.37. The lowest BCUT2D eigenvalue weighted by molar-refractivity contribution is -0.132. The predicted molar refractivity (Wildman–Crippen MR) is 36.9 cm³/mol. The molecule has 0 heterocycles. The van der Waals surface area contributed by atoms with Crippen molar-refractivity contribution in [3.63, 3.8) is 0 Å². The van der Waals surface area contributed by atoms with Gasteiger partial charge < -0.3 is 15.2 Å². The molecule has 4 nitrogen and oxygen atoms in total. The Bertz CT molecular complexity index is 143. The van der Waals surface area contributed by atoms with Crippen LogP contribution in [0, 0.1) is 0 Å². The zero-order valence-corrected chi connectivity index (χ0v) is 6.59. The smallest absolute Gasteiger partial charge is 0.315 e. The maximum Gasteiger partial charge on any atom is 0.315 e. The fraction of sp³-hybridized carbons (Fsp3) is 0.833. The van der Waals surface area contributed by atoms with Crippen molar-refractivity contribution < 1.29 is 23.4 Å². The van der Waals surface area contributed by atoms with Crippen molar-refractivity contribution in [3.05, 3.63) is 0 Å². The predicted octanol–water partition coefficient (Wildman–Crippen LogP) is -0.625. The van der Waals surface area contributed by atoms with E-state index in [2.05, 4.69) is 4.74 Å². The number of rotatable bonds is 5. The second-order valence-corrected chi connectivity index (χ2v) is 2.16. The molecule has 0 saturated heterocycles. The standard InChI is InChI=1S/C6H11F2NO3/c1-12-3-4(10)2-9-6(11)5(7)8/h4-5,10H,2-3H2,1H3,(H,9,11). The van der Waals surface area contributed by atoms with Gasteiger partial charge >= 0.3 is 6.43 Å². The minimum Gasteiger partial charge on any atom is -0.389 e. The highest BCUT2D eigenvalue weighted by atomic mass is 19.3. The van der Waals surface area contributed by atoms with E-state index in [9.17, 15) is 13.6 Å². The molecule has 0 aliphatic heterocycles. The van der Waals surface area contributed by atoms with Crippen LogP contribution in [0.25, 0.3) is 0 Å². The van der Waals surface area contributed by atoms with Crippen LogP contribution in [-0.2, 0) is 9.53 Å². The molecule has 6 heteroatoms. The van der Waals surface area contributed by atoms with Crippen molar-refractivity contribution >= 4 is 5.91 Å². The first-order chi connectivity index (χ1) is 5.57. The number of amides is 1. The minimum absolute atomic E-state index is 0.00349. The molecule has 0 aromatic heterocycles. The Morgan fingerprint density at radius 2 is 2.25 bits per heavy atom. The molecule has 1 atom stereocenters. The number of carbonyl (C=O) groups is 1. The van der Waals surface area contributed by atoms with Crippen molar-refractivity contribution in [3.8, 4) is 0 Å². The van der Waals surface area contributed by atoms with Crippen molar-refractivity contribution in [2.45, 2.75) is 12.5 Å². The minimum atomic E-state index is -3.04. The lowest BCUT2D eigenvalue weighted by atomic mass is 10.4. The third kappa shape index (κ3) is 4.97. The fourth-order valence-corrected chi connectivity index (χ4v) is 0.547. The molecule has 0 spiro atoms. The molecule has 0 radical (unpaired) electrons. The molecule has 0 aliphatic rings. The van der Waals surface area contributed by atoms with E-state index in [0.29, 0.717) is 0 Å². The van der Waals surface area contributed by atoms with Gasteiger partial charge in [-0.25, -0.2) is 0 Å². The van der Waals surface area contributed by atoms with Crippen LogP contribution in [0.15, 0.2) is 0 Å². The lowest BCUT2D eigenvalue weighted by Gasteiger charge is -2.09. The van der Waals surface area contributed by atoms with Crippen molar-refractivity contribution in [2.75, 3.05) is 20.3 Å². The molecule has 0 bridgehead atoms. The number of methoxy groups -OCH3 is 1. The van der Waals surface area contributed by atoms with Crippen molar-refractivity contribution in [1.29, 1.82) is 0 Å². The molecule has 72 valence electrons. The SMILES string of the molecule is COCC(O)CNC(=O)C(F)F. The summed E-state index contributed by atoms with van der Waals surface area (Å²) in [7, 11) is 1.36. The average molecular weight is 183 g/mol. The van der Waals surface area contributed by atoms with E-state index in [4.69, 9.17) is 5.11 Å². The first kappa shape index (κ1) is 11.2. The summed E-state index contributed by atoms with van der Waals surface area (Å²) in [6.45, 7) is -0.222. The summed E-state index contributed by atoms with van der Waals surface area (Å²) < 4.78 is 27.6. The van der Waals surface area contributed by atoms with Crippen molar-refractivity contribution in [1.82, 2.24) is 5.32 Å². The Balaban J connectivity index is 3.47. The van der Waals surface area contributed by atoms with Gasteiger partial charge in [-0.1, -0.05) is 0 Å². The van der Waals surface area contributed by atoms with Gasteiger partial charge in [0.05, 0.1) is 12.7 Å². The second-order valence-electron chi connectivity index (χ2n) is 2.16. The van der Waals surface area contributed by atoms with Crippen LogP contribution in [0.5, 0.6) is 0 Å². The Morgan fingerprint density at radius 1 is 1.67 bits per heavy atom. The summed E-state index contributed by atoms with van der Waals surface area (Å²) in [5, 5.41) is 10.7. The van der Waals surface area contributed by atoms with Gasteiger partial charge in [0.1, 0.15) is 0 Å². The van der Waals surface area contributed by atoms with E-state index < -0.39 is 18.4 Å². The Kier molecular flexibility index (Phi) is 5.48. The van der Waals surface area contributed by atoms with Gasteiger partial charge in [-0.3, -0.25) is 4.79 Å². The summed E-state index contributed by atoms with van der Waals surface area (Å²) in [5.41, 5.74) is 0. The van der Waals surface area contributed by atoms with Gasteiger partial charge in [0.2, 0.25) is 0 Å².